The average Bonchev–Trinajstić information content (AvgIpc) is 2.90. The second kappa shape index (κ2) is 3.48. The first-order valence-electron chi connectivity index (χ1n) is 6.28. The zero-order chi connectivity index (χ0) is 10.4. The molecule has 3 heteroatoms. The number of carbonyl (C=O) groups excluding carboxylic acids is 1. The molecule has 0 aromatic heterocycles. The minimum Gasteiger partial charge on any atom is -0.341 e. The standard InChI is InChI=1S/C12H20N2O/c13-10-3-4-14(7-10)12(15)11-6-8-1-2-9(11)5-8/h8-11H,1-7,13H2/t8?,9?,10-,11?/m1/s1. The van der Waals surface area contributed by atoms with Gasteiger partial charge in [-0.05, 0) is 37.5 Å². The van der Waals surface area contributed by atoms with Crippen LogP contribution >= 0.6 is 0 Å². The Kier molecular flexibility index (Phi) is 2.23. The Balaban J connectivity index is 1.65. The molecule has 1 saturated heterocycles. The smallest absolute Gasteiger partial charge is 0.226 e. The highest BCUT2D eigenvalue weighted by atomic mass is 16.2. The number of rotatable bonds is 1. The number of likely N-dealkylation sites (tertiary alicyclic amines) is 1. The molecule has 1 heterocycles. The number of nitrogens with two attached hydrogens (primary N) is 1. The highest BCUT2D eigenvalue weighted by Gasteiger charge is 2.44. The third-order valence-electron chi connectivity index (χ3n) is 4.59. The lowest BCUT2D eigenvalue weighted by Crippen LogP contribution is -2.38. The van der Waals surface area contributed by atoms with Crippen LogP contribution in [0.2, 0.25) is 0 Å². The van der Waals surface area contributed by atoms with Crippen LogP contribution in [-0.4, -0.2) is 29.9 Å². The van der Waals surface area contributed by atoms with Crippen molar-refractivity contribution >= 4 is 5.91 Å². The second-order valence-corrected chi connectivity index (χ2v) is 5.61. The van der Waals surface area contributed by atoms with Crippen molar-refractivity contribution < 1.29 is 4.79 Å². The Labute approximate surface area is 91.0 Å². The quantitative estimate of drug-likeness (QED) is 0.698. The highest BCUT2D eigenvalue weighted by Crippen LogP contribution is 2.49. The molecule has 1 amide bonds. The largest absolute Gasteiger partial charge is 0.341 e. The molecule has 3 nitrogen and oxygen atoms in total. The van der Waals surface area contributed by atoms with E-state index >= 15 is 0 Å². The molecule has 0 aromatic rings. The summed E-state index contributed by atoms with van der Waals surface area (Å²) < 4.78 is 0. The SMILES string of the molecule is N[C@@H]1CCN(C(=O)C2CC3CCC2C3)C1. The van der Waals surface area contributed by atoms with E-state index in [9.17, 15) is 4.79 Å². The van der Waals surface area contributed by atoms with Gasteiger partial charge in [-0.1, -0.05) is 6.42 Å². The van der Waals surface area contributed by atoms with E-state index in [1.165, 1.54) is 19.3 Å². The van der Waals surface area contributed by atoms with Crippen LogP contribution < -0.4 is 5.73 Å². The number of nitrogens with zero attached hydrogens (tertiary/aromatic N) is 1. The third-order valence-corrected chi connectivity index (χ3v) is 4.59. The molecule has 3 aliphatic rings. The van der Waals surface area contributed by atoms with E-state index in [-0.39, 0.29) is 6.04 Å². The maximum Gasteiger partial charge on any atom is 0.226 e. The molecule has 0 radical (unpaired) electrons. The Hall–Kier alpha value is -0.570. The van der Waals surface area contributed by atoms with E-state index in [2.05, 4.69) is 0 Å². The lowest BCUT2D eigenvalue weighted by Gasteiger charge is -2.26. The Morgan fingerprint density at radius 2 is 2.07 bits per heavy atom. The summed E-state index contributed by atoms with van der Waals surface area (Å²) in [6.45, 7) is 1.70. The van der Waals surface area contributed by atoms with Crippen LogP contribution in [0.25, 0.3) is 0 Å². The monoisotopic (exact) mass is 208 g/mol. The summed E-state index contributed by atoms with van der Waals surface area (Å²) in [6.07, 6.45) is 6.13. The van der Waals surface area contributed by atoms with Crippen LogP contribution in [0.1, 0.15) is 32.1 Å². The van der Waals surface area contributed by atoms with E-state index in [0.29, 0.717) is 17.7 Å². The molecule has 2 aliphatic carbocycles. The molecule has 2 N–H and O–H groups in total. The Morgan fingerprint density at radius 3 is 2.60 bits per heavy atom. The van der Waals surface area contributed by atoms with Crippen molar-refractivity contribution in [2.24, 2.45) is 23.5 Å². The van der Waals surface area contributed by atoms with Gasteiger partial charge < -0.3 is 10.6 Å². The van der Waals surface area contributed by atoms with Crippen molar-refractivity contribution in [3.8, 4) is 0 Å². The maximum atomic E-state index is 12.3. The highest BCUT2D eigenvalue weighted by molar-refractivity contribution is 5.80. The molecule has 84 valence electrons. The van der Waals surface area contributed by atoms with Gasteiger partial charge >= 0.3 is 0 Å². The number of fused-ring (bicyclic) bond motifs is 2. The van der Waals surface area contributed by atoms with Crippen molar-refractivity contribution in [3.05, 3.63) is 0 Å². The van der Waals surface area contributed by atoms with Crippen molar-refractivity contribution in [1.82, 2.24) is 4.90 Å². The van der Waals surface area contributed by atoms with Crippen LogP contribution in [0.15, 0.2) is 0 Å². The van der Waals surface area contributed by atoms with Gasteiger partial charge in [-0.2, -0.15) is 0 Å². The first-order chi connectivity index (χ1) is 7.24. The van der Waals surface area contributed by atoms with Gasteiger partial charge in [0.15, 0.2) is 0 Å². The topological polar surface area (TPSA) is 46.3 Å². The fourth-order valence-corrected chi connectivity index (χ4v) is 3.77. The zero-order valence-electron chi connectivity index (χ0n) is 9.19. The van der Waals surface area contributed by atoms with E-state index in [1.54, 1.807) is 0 Å². The van der Waals surface area contributed by atoms with Gasteiger partial charge in [-0.25, -0.2) is 0 Å². The van der Waals surface area contributed by atoms with Crippen LogP contribution in [0.5, 0.6) is 0 Å². The predicted octanol–water partition coefficient (Wildman–Crippen LogP) is 0.982. The van der Waals surface area contributed by atoms with Gasteiger partial charge in [0.2, 0.25) is 5.91 Å². The summed E-state index contributed by atoms with van der Waals surface area (Å²) in [4.78, 5) is 14.3. The molecule has 0 aromatic carbocycles. The molecule has 15 heavy (non-hydrogen) atoms. The van der Waals surface area contributed by atoms with Crippen LogP contribution in [0, 0.1) is 17.8 Å². The molecule has 4 atom stereocenters. The lowest BCUT2D eigenvalue weighted by atomic mass is 9.88. The molecule has 0 spiro atoms. The number of hydrogen-bond acceptors (Lipinski definition) is 2. The van der Waals surface area contributed by atoms with Crippen molar-refractivity contribution in [3.63, 3.8) is 0 Å². The normalized spacial score (nSPS) is 43.9. The van der Waals surface area contributed by atoms with Crippen molar-refractivity contribution in [2.75, 3.05) is 13.1 Å². The Morgan fingerprint density at radius 1 is 1.20 bits per heavy atom. The van der Waals surface area contributed by atoms with Crippen LogP contribution in [0.4, 0.5) is 0 Å². The lowest BCUT2D eigenvalue weighted by molar-refractivity contribution is -0.136. The first-order valence-corrected chi connectivity index (χ1v) is 6.28. The summed E-state index contributed by atoms with van der Waals surface area (Å²) in [5, 5.41) is 0. The van der Waals surface area contributed by atoms with Gasteiger partial charge in [0.1, 0.15) is 0 Å². The van der Waals surface area contributed by atoms with E-state index in [4.69, 9.17) is 5.73 Å². The first kappa shape index (κ1) is 9.64. The van der Waals surface area contributed by atoms with Gasteiger partial charge in [-0.15, -0.1) is 0 Å². The second-order valence-electron chi connectivity index (χ2n) is 5.61. The average molecular weight is 208 g/mol. The molecule has 1 aliphatic heterocycles. The summed E-state index contributed by atoms with van der Waals surface area (Å²) in [6, 6.07) is 0.229. The predicted molar refractivity (Wildman–Crippen MR) is 58.1 cm³/mol. The van der Waals surface area contributed by atoms with Gasteiger partial charge in [-0.3, -0.25) is 4.79 Å². The molecule has 2 bridgehead atoms. The molecular weight excluding hydrogens is 188 g/mol. The summed E-state index contributed by atoms with van der Waals surface area (Å²) in [7, 11) is 0. The number of carbonyl (C=O) groups is 1. The fourth-order valence-electron chi connectivity index (χ4n) is 3.77. The van der Waals surface area contributed by atoms with Gasteiger partial charge in [0.25, 0.3) is 0 Å². The minimum atomic E-state index is 0.229. The maximum absolute atomic E-state index is 12.3. The molecule has 2 saturated carbocycles. The van der Waals surface area contributed by atoms with Crippen LogP contribution in [0.3, 0.4) is 0 Å². The molecule has 3 fully saturated rings. The molecular formula is C12H20N2O. The van der Waals surface area contributed by atoms with Gasteiger partial charge in [0.05, 0.1) is 0 Å². The van der Waals surface area contributed by atoms with Gasteiger partial charge in [0, 0.05) is 25.0 Å². The summed E-state index contributed by atoms with van der Waals surface area (Å²) in [5.74, 6) is 2.34. The summed E-state index contributed by atoms with van der Waals surface area (Å²) >= 11 is 0. The third kappa shape index (κ3) is 1.57. The minimum absolute atomic E-state index is 0.229. The van der Waals surface area contributed by atoms with Crippen molar-refractivity contribution in [1.29, 1.82) is 0 Å². The molecule has 3 unspecified atom stereocenters. The van der Waals surface area contributed by atoms with E-state index < -0.39 is 0 Å². The number of amides is 1. The van der Waals surface area contributed by atoms with Crippen LogP contribution in [-0.2, 0) is 4.79 Å². The van der Waals surface area contributed by atoms with Crippen molar-refractivity contribution in [2.45, 2.75) is 38.1 Å². The zero-order valence-corrected chi connectivity index (χ0v) is 9.19. The molecule has 3 rings (SSSR count). The Bertz CT molecular complexity index is 279. The fraction of sp³-hybridized carbons (Fsp3) is 0.917. The van der Waals surface area contributed by atoms with E-state index in [0.717, 1.165) is 31.8 Å². The number of hydrogen-bond donors (Lipinski definition) is 1. The summed E-state index contributed by atoms with van der Waals surface area (Å²) in [5.41, 5.74) is 5.84. The van der Waals surface area contributed by atoms with E-state index in [1.807, 2.05) is 4.90 Å².